The van der Waals surface area contributed by atoms with E-state index in [1.165, 1.54) is 16.4 Å². The highest BCUT2D eigenvalue weighted by Crippen LogP contribution is 2.18. The molecule has 0 spiro atoms. The smallest absolute Gasteiger partial charge is 0.243 e. The summed E-state index contributed by atoms with van der Waals surface area (Å²) in [4.78, 5) is 14.6. The van der Waals surface area contributed by atoms with Crippen LogP contribution in [0, 0.1) is 19.7 Å². The molecule has 7 heteroatoms. The van der Waals surface area contributed by atoms with Crippen molar-refractivity contribution in [3.63, 3.8) is 0 Å². The zero-order valence-corrected chi connectivity index (χ0v) is 16.3. The minimum atomic E-state index is -3.51. The summed E-state index contributed by atoms with van der Waals surface area (Å²) in [5.41, 5.74) is 1.92. The fraction of sp³-hybridized carbons (Fsp3) is 0.350. The van der Waals surface area contributed by atoms with Gasteiger partial charge in [-0.05, 0) is 49.7 Å². The number of sulfonamides is 1. The van der Waals surface area contributed by atoms with Crippen LogP contribution >= 0.6 is 0 Å². The lowest BCUT2D eigenvalue weighted by atomic mass is 10.1. The summed E-state index contributed by atoms with van der Waals surface area (Å²) in [6, 6.07) is 11.2. The van der Waals surface area contributed by atoms with Gasteiger partial charge in [-0.25, -0.2) is 12.8 Å². The molecule has 0 radical (unpaired) electrons. The maximum atomic E-state index is 13.4. The van der Waals surface area contributed by atoms with Gasteiger partial charge in [0.25, 0.3) is 0 Å². The Morgan fingerprint density at radius 2 is 1.63 bits per heavy atom. The van der Waals surface area contributed by atoms with Gasteiger partial charge in [0.05, 0.1) is 11.4 Å². The normalized spacial score (nSPS) is 16.4. The van der Waals surface area contributed by atoms with Crippen molar-refractivity contribution in [1.82, 2.24) is 9.21 Å². The molecule has 0 atom stereocenters. The minimum absolute atomic E-state index is 0.0899. The molecule has 0 amide bonds. The molecule has 27 heavy (non-hydrogen) atoms. The van der Waals surface area contributed by atoms with Crippen LogP contribution in [0.3, 0.4) is 0 Å². The lowest BCUT2D eigenvalue weighted by Crippen LogP contribution is -2.49. The van der Waals surface area contributed by atoms with E-state index < -0.39 is 10.0 Å². The van der Waals surface area contributed by atoms with Gasteiger partial charge in [0.15, 0.2) is 5.78 Å². The van der Waals surface area contributed by atoms with Gasteiger partial charge in [-0.15, -0.1) is 0 Å². The summed E-state index contributed by atoms with van der Waals surface area (Å²) in [6.45, 7) is 5.38. The van der Waals surface area contributed by atoms with Gasteiger partial charge >= 0.3 is 0 Å². The van der Waals surface area contributed by atoms with Gasteiger partial charge in [0.2, 0.25) is 10.0 Å². The van der Waals surface area contributed by atoms with Gasteiger partial charge in [-0.3, -0.25) is 9.69 Å². The van der Waals surface area contributed by atoms with E-state index in [0.29, 0.717) is 42.2 Å². The number of rotatable bonds is 5. The number of ketones is 1. The van der Waals surface area contributed by atoms with Crippen molar-refractivity contribution in [3.8, 4) is 0 Å². The lowest BCUT2D eigenvalue weighted by molar-refractivity contribution is 0.0901. The molecule has 2 aromatic carbocycles. The lowest BCUT2D eigenvalue weighted by Gasteiger charge is -2.33. The highest BCUT2D eigenvalue weighted by molar-refractivity contribution is 7.89. The van der Waals surface area contributed by atoms with Gasteiger partial charge in [-0.2, -0.15) is 4.31 Å². The topological polar surface area (TPSA) is 57.7 Å². The average molecular weight is 390 g/mol. The first kappa shape index (κ1) is 19.7. The number of benzene rings is 2. The molecule has 144 valence electrons. The Labute approximate surface area is 159 Å². The molecule has 0 saturated carbocycles. The molecule has 0 N–H and O–H groups in total. The Hall–Kier alpha value is -2.09. The molecular weight excluding hydrogens is 367 g/mol. The Balaban J connectivity index is 1.60. The molecule has 1 heterocycles. The molecule has 2 aromatic rings. The van der Waals surface area contributed by atoms with Gasteiger partial charge in [-0.1, -0.05) is 17.7 Å². The molecule has 3 rings (SSSR count). The summed E-state index contributed by atoms with van der Waals surface area (Å²) in [5, 5.41) is 0. The van der Waals surface area contributed by atoms with Crippen LogP contribution in [0.2, 0.25) is 0 Å². The quantitative estimate of drug-likeness (QED) is 0.737. The summed E-state index contributed by atoms with van der Waals surface area (Å²) < 4.78 is 40.3. The van der Waals surface area contributed by atoms with E-state index >= 15 is 0 Å². The first-order valence-corrected chi connectivity index (χ1v) is 10.3. The molecule has 0 aromatic heterocycles. The van der Waals surface area contributed by atoms with E-state index in [2.05, 4.69) is 0 Å². The Bertz CT molecular complexity index is 934. The van der Waals surface area contributed by atoms with E-state index in [1.54, 1.807) is 37.3 Å². The summed E-state index contributed by atoms with van der Waals surface area (Å²) in [5.74, 6) is -0.422. The Kier molecular flexibility index (Phi) is 5.74. The molecule has 1 aliphatic heterocycles. The van der Waals surface area contributed by atoms with Crippen LogP contribution in [0.4, 0.5) is 4.39 Å². The maximum absolute atomic E-state index is 13.4. The van der Waals surface area contributed by atoms with Crippen molar-refractivity contribution in [2.45, 2.75) is 18.7 Å². The highest BCUT2D eigenvalue weighted by Gasteiger charge is 2.29. The second-order valence-corrected chi connectivity index (χ2v) is 8.82. The number of piperazine rings is 1. The molecule has 1 saturated heterocycles. The standard InChI is InChI=1S/C20H23FN2O3S/c1-15-3-6-18(7-4-15)27(25,26)23-11-9-22(10-12-23)14-20(24)17-5-8-19(21)16(2)13-17/h3-8,13H,9-12,14H2,1-2H3. The van der Waals surface area contributed by atoms with Crippen LogP contribution < -0.4 is 0 Å². The first-order valence-electron chi connectivity index (χ1n) is 8.86. The molecule has 0 aliphatic carbocycles. The van der Waals surface area contributed by atoms with Crippen LogP contribution in [0.15, 0.2) is 47.4 Å². The summed E-state index contributed by atoms with van der Waals surface area (Å²) in [6.07, 6.45) is 0. The largest absolute Gasteiger partial charge is 0.293 e. The van der Waals surface area contributed by atoms with E-state index in [-0.39, 0.29) is 18.1 Å². The molecule has 0 unspecified atom stereocenters. The fourth-order valence-electron chi connectivity index (χ4n) is 3.10. The van der Waals surface area contributed by atoms with Gasteiger partial charge in [0.1, 0.15) is 5.82 Å². The third kappa shape index (κ3) is 4.43. The van der Waals surface area contributed by atoms with Crippen molar-refractivity contribution in [1.29, 1.82) is 0 Å². The van der Waals surface area contributed by atoms with Crippen LogP contribution in [-0.2, 0) is 10.0 Å². The summed E-state index contributed by atoms with van der Waals surface area (Å²) in [7, 11) is -3.51. The fourth-order valence-corrected chi connectivity index (χ4v) is 4.52. The number of aryl methyl sites for hydroxylation is 2. The zero-order chi connectivity index (χ0) is 19.6. The maximum Gasteiger partial charge on any atom is 0.243 e. The van der Waals surface area contributed by atoms with E-state index in [0.717, 1.165) is 5.56 Å². The van der Waals surface area contributed by atoms with Crippen molar-refractivity contribution < 1.29 is 17.6 Å². The predicted octanol–water partition coefficient (Wildman–Crippen LogP) is 2.63. The summed E-state index contributed by atoms with van der Waals surface area (Å²) >= 11 is 0. The number of carbonyl (C=O) groups is 1. The van der Waals surface area contributed by atoms with Gasteiger partial charge in [0, 0.05) is 31.7 Å². The number of carbonyl (C=O) groups excluding carboxylic acids is 1. The molecule has 5 nitrogen and oxygen atoms in total. The first-order chi connectivity index (χ1) is 12.8. The molecule has 0 bridgehead atoms. The monoisotopic (exact) mass is 390 g/mol. The second-order valence-electron chi connectivity index (χ2n) is 6.88. The predicted molar refractivity (Wildman–Crippen MR) is 102 cm³/mol. The van der Waals surface area contributed by atoms with Crippen molar-refractivity contribution in [2.75, 3.05) is 32.7 Å². The van der Waals surface area contributed by atoms with E-state index in [9.17, 15) is 17.6 Å². The highest BCUT2D eigenvalue weighted by atomic mass is 32.2. The van der Waals surface area contributed by atoms with Gasteiger partial charge < -0.3 is 0 Å². The van der Waals surface area contributed by atoms with Crippen molar-refractivity contribution in [2.24, 2.45) is 0 Å². The minimum Gasteiger partial charge on any atom is -0.293 e. The number of nitrogens with zero attached hydrogens (tertiary/aromatic N) is 2. The Morgan fingerprint density at radius 3 is 2.22 bits per heavy atom. The SMILES string of the molecule is Cc1ccc(S(=O)(=O)N2CCN(CC(=O)c3ccc(F)c(C)c3)CC2)cc1. The van der Waals surface area contributed by atoms with Crippen LogP contribution in [-0.4, -0.2) is 56.1 Å². The van der Waals surface area contributed by atoms with Crippen molar-refractivity contribution >= 4 is 15.8 Å². The number of Topliss-reactive ketones (excluding diaryl/α,β-unsaturated/α-hetero) is 1. The average Bonchev–Trinajstić information content (AvgIpc) is 2.64. The van der Waals surface area contributed by atoms with E-state index in [1.807, 2.05) is 11.8 Å². The third-order valence-corrected chi connectivity index (χ3v) is 6.75. The van der Waals surface area contributed by atoms with E-state index in [4.69, 9.17) is 0 Å². The van der Waals surface area contributed by atoms with Crippen LogP contribution in [0.25, 0.3) is 0 Å². The Morgan fingerprint density at radius 1 is 1.00 bits per heavy atom. The van der Waals surface area contributed by atoms with Crippen LogP contribution in [0.5, 0.6) is 0 Å². The third-order valence-electron chi connectivity index (χ3n) is 4.84. The molecular formula is C20H23FN2O3S. The number of halogens is 1. The molecule has 1 fully saturated rings. The number of hydrogen-bond donors (Lipinski definition) is 0. The van der Waals surface area contributed by atoms with Crippen molar-refractivity contribution in [3.05, 3.63) is 65.0 Å². The zero-order valence-electron chi connectivity index (χ0n) is 15.5. The molecule has 1 aliphatic rings. The van der Waals surface area contributed by atoms with Crippen LogP contribution in [0.1, 0.15) is 21.5 Å². The second kappa shape index (κ2) is 7.88. The number of hydrogen-bond acceptors (Lipinski definition) is 4.